The van der Waals surface area contributed by atoms with E-state index in [1.54, 1.807) is 12.1 Å². The third-order valence-electron chi connectivity index (χ3n) is 4.83. The van der Waals surface area contributed by atoms with Gasteiger partial charge in [0.2, 0.25) is 11.7 Å². The van der Waals surface area contributed by atoms with Crippen molar-refractivity contribution in [2.45, 2.75) is 24.9 Å². The molecule has 138 valence electrons. The Morgan fingerprint density at radius 3 is 2.92 bits per heavy atom. The molecule has 1 amide bonds. The Labute approximate surface area is 156 Å². The molecule has 26 heavy (non-hydrogen) atoms. The van der Waals surface area contributed by atoms with E-state index in [9.17, 15) is 4.79 Å². The van der Waals surface area contributed by atoms with Crippen LogP contribution < -0.4 is 5.32 Å². The Balaban J connectivity index is 1.44. The van der Waals surface area contributed by atoms with Gasteiger partial charge in [-0.3, -0.25) is 4.79 Å². The van der Waals surface area contributed by atoms with Crippen LogP contribution in [0.2, 0.25) is 5.02 Å². The van der Waals surface area contributed by atoms with Gasteiger partial charge in [0.15, 0.2) is 0 Å². The van der Waals surface area contributed by atoms with Crippen LogP contribution in [0.5, 0.6) is 0 Å². The minimum atomic E-state index is -0.394. The number of likely N-dealkylation sites (tertiary alicyclic amines) is 1. The van der Waals surface area contributed by atoms with Crippen molar-refractivity contribution in [1.29, 1.82) is 0 Å². The lowest BCUT2D eigenvalue weighted by Crippen LogP contribution is -2.51. The molecule has 0 aliphatic carbocycles. The number of amides is 1. The number of aromatic nitrogens is 2. The first-order valence-corrected chi connectivity index (χ1v) is 9.29. The number of nitrogens with zero attached hydrogens (tertiary/aromatic N) is 3. The van der Waals surface area contributed by atoms with Gasteiger partial charge in [0, 0.05) is 36.8 Å². The lowest BCUT2D eigenvalue weighted by atomic mass is 9.97. The fraction of sp³-hybridized carbons (Fsp3) is 0.500. The monoisotopic (exact) mass is 376 g/mol. The van der Waals surface area contributed by atoms with Gasteiger partial charge in [-0.05, 0) is 37.1 Å². The van der Waals surface area contributed by atoms with E-state index in [4.69, 9.17) is 20.9 Å². The van der Waals surface area contributed by atoms with Gasteiger partial charge in [0.05, 0.1) is 12.5 Å². The Morgan fingerprint density at radius 2 is 2.15 bits per heavy atom. The molecule has 2 saturated heterocycles. The van der Waals surface area contributed by atoms with Crippen molar-refractivity contribution in [2.24, 2.45) is 0 Å². The molecule has 1 N–H and O–H groups in total. The second-order valence-corrected chi connectivity index (χ2v) is 7.09. The maximum Gasteiger partial charge on any atom is 0.253 e. The molecular weight excluding hydrogens is 356 g/mol. The summed E-state index contributed by atoms with van der Waals surface area (Å²) in [6.45, 7) is 3.26. The van der Waals surface area contributed by atoms with Gasteiger partial charge in [-0.25, -0.2) is 0 Å². The number of carbonyl (C=O) groups is 1. The molecule has 1 aromatic heterocycles. The fourth-order valence-corrected chi connectivity index (χ4v) is 3.55. The number of piperidine rings is 1. The summed E-state index contributed by atoms with van der Waals surface area (Å²) in [5, 5.41) is 7.95. The number of rotatable bonds is 3. The number of carbonyl (C=O) groups excluding carboxylic acids is 1. The minimum Gasteiger partial charge on any atom is -0.366 e. The average molecular weight is 377 g/mol. The second-order valence-electron chi connectivity index (χ2n) is 6.65. The molecule has 2 aliphatic heterocycles. The van der Waals surface area contributed by atoms with Crippen LogP contribution in [-0.4, -0.2) is 59.8 Å². The SMILES string of the molecule is O=C(C1CNCCO1)N1CCCC(c2nc(-c3ccc(Cl)cc3)no2)C1. The molecule has 3 heterocycles. The van der Waals surface area contributed by atoms with Gasteiger partial charge in [0.25, 0.3) is 5.91 Å². The number of morpholine rings is 1. The summed E-state index contributed by atoms with van der Waals surface area (Å²) in [5.41, 5.74) is 0.856. The van der Waals surface area contributed by atoms with Crippen molar-refractivity contribution in [2.75, 3.05) is 32.8 Å². The van der Waals surface area contributed by atoms with E-state index >= 15 is 0 Å². The topological polar surface area (TPSA) is 80.5 Å². The van der Waals surface area contributed by atoms with Crippen LogP contribution in [0.15, 0.2) is 28.8 Å². The lowest BCUT2D eigenvalue weighted by molar-refractivity contribution is -0.146. The van der Waals surface area contributed by atoms with Crippen LogP contribution in [0.25, 0.3) is 11.4 Å². The van der Waals surface area contributed by atoms with E-state index in [1.165, 1.54) is 0 Å². The van der Waals surface area contributed by atoms with Gasteiger partial charge < -0.3 is 19.5 Å². The summed E-state index contributed by atoms with van der Waals surface area (Å²) in [6.07, 6.45) is 1.44. The Bertz CT molecular complexity index is 758. The first-order chi connectivity index (χ1) is 12.7. The van der Waals surface area contributed by atoms with Crippen LogP contribution in [0, 0.1) is 0 Å². The van der Waals surface area contributed by atoms with Gasteiger partial charge in [-0.2, -0.15) is 4.98 Å². The largest absolute Gasteiger partial charge is 0.366 e. The summed E-state index contributed by atoms with van der Waals surface area (Å²) in [5.74, 6) is 1.22. The van der Waals surface area contributed by atoms with Gasteiger partial charge in [-0.1, -0.05) is 16.8 Å². The first-order valence-electron chi connectivity index (χ1n) is 8.91. The van der Waals surface area contributed by atoms with Crippen molar-refractivity contribution in [3.63, 3.8) is 0 Å². The van der Waals surface area contributed by atoms with Gasteiger partial charge in [-0.15, -0.1) is 0 Å². The number of hydrogen-bond acceptors (Lipinski definition) is 6. The van der Waals surface area contributed by atoms with Crippen LogP contribution in [-0.2, 0) is 9.53 Å². The number of hydrogen-bond donors (Lipinski definition) is 1. The highest BCUT2D eigenvalue weighted by molar-refractivity contribution is 6.30. The van der Waals surface area contributed by atoms with Crippen molar-refractivity contribution in [1.82, 2.24) is 20.4 Å². The average Bonchev–Trinajstić information content (AvgIpc) is 3.19. The Kier molecular flexibility index (Phi) is 5.19. The predicted octanol–water partition coefficient (Wildman–Crippen LogP) is 2.08. The lowest BCUT2D eigenvalue weighted by Gasteiger charge is -2.34. The molecule has 2 fully saturated rings. The highest BCUT2D eigenvalue weighted by atomic mass is 35.5. The molecule has 2 aromatic rings. The van der Waals surface area contributed by atoms with Crippen molar-refractivity contribution in [3.8, 4) is 11.4 Å². The van der Waals surface area contributed by atoms with E-state index in [0.717, 1.165) is 31.5 Å². The smallest absolute Gasteiger partial charge is 0.253 e. The van der Waals surface area contributed by atoms with E-state index < -0.39 is 6.10 Å². The maximum atomic E-state index is 12.7. The maximum absolute atomic E-state index is 12.7. The number of benzene rings is 1. The zero-order valence-corrected chi connectivity index (χ0v) is 15.1. The molecule has 8 heteroatoms. The van der Waals surface area contributed by atoms with Gasteiger partial charge >= 0.3 is 0 Å². The molecule has 0 saturated carbocycles. The van der Waals surface area contributed by atoms with E-state index in [1.807, 2.05) is 17.0 Å². The van der Waals surface area contributed by atoms with Crippen LogP contribution in [0.4, 0.5) is 0 Å². The van der Waals surface area contributed by atoms with Crippen LogP contribution in [0.1, 0.15) is 24.7 Å². The molecular formula is C18H21ClN4O3. The molecule has 2 atom stereocenters. The standard InChI is InChI=1S/C18H21ClN4O3/c19-14-5-3-12(4-6-14)16-21-17(26-22-16)13-2-1-8-23(11-13)18(24)15-10-20-7-9-25-15/h3-6,13,15,20H,1-2,7-11H2. The molecule has 2 aliphatic rings. The minimum absolute atomic E-state index is 0.0411. The number of nitrogens with one attached hydrogen (secondary N) is 1. The zero-order chi connectivity index (χ0) is 17.9. The highest BCUT2D eigenvalue weighted by Gasteiger charge is 2.33. The third kappa shape index (κ3) is 3.75. The fourth-order valence-electron chi connectivity index (χ4n) is 3.42. The quantitative estimate of drug-likeness (QED) is 0.883. The van der Waals surface area contributed by atoms with E-state index in [0.29, 0.717) is 36.4 Å². The molecule has 0 spiro atoms. The molecule has 1 aromatic carbocycles. The third-order valence-corrected chi connectivity index (χ3v) is 5.08. The van der Waals surface area contributed by atoms with Crippen molar-refractivity contribution in [3.05, 3.63) is 35.2 Å². The second kappa shape index (κ2) is 7.73. The van der Waals surface area contributed by atoms with Crippen LogP contribution in [0.3, 0.4) is 0 Å². The van der Waals surface area contributed by atoms with E-state index in [2.05, 4.69) is 15.5 Å². The summed E-state index contributed by atoms with van der Waals surface area (Å²) < 4.78 is 11.1. The molecule has 0 radical (unpaired) electrons. The molecule has 7 nitrogen and oxygen atoms in total. The summed E-state index contributed by atoms with van der Waals surface area (Å²) >= 11 is 5.92. The molecule has 4 rings (SSSR count). The summed E-state index contributed by atoms with van der Waals surface area (Å²) in [7, 11) is 0. The molecule has 2 unspecified atom stereocenters. The van der Waals surface area contributed by atoms with Crippen LogP contribution >= 0.6 is 11.6 Å². The van der Waals surface area contributed by atoms with Gasteiger partial charge in [0.1, 0.15) is 6.10 Å². The predicted molar refractivity (Wildman–Crippen MR) is 95.9 cm³/mol. The summed E-state index contributed by atoms with van der Waals surface area (Å²) in [4.78, 5) is 19.1. The van der Waals surface area contributed by atoms with Crippen molar-refractivity contribution < 1.29 is 14.1 Å². The Morgan fingerprint density at radius 1 is 1.31 bits per heavy atom. The number of halogens is 1. The first kappa shape index (κ1) is 17.5. The Hall–Kier alpha value is -1.96. The summed E-state index contributed by atoms with van der Waals surface area (Å²) in [6, 6.07) is 7.32. The molecule has 0 bridgehead atoms. The number of ether oxygens (including phenoxy) is 1. The highest BCUT2D eigenvalue weighted by Crippen LogP contribution is 2.28. The zero-order valence-electron chi connectivity index (χ0n) is 14.4. The van der Waals surface area contributed by atoms with Crippen molar-refractivity contribution >= 4 is 17.5 Å². The normalized spacial score (nSPS) is 23.8. The van der Waals surface area contributed by atoms with E-state index in [-0.39, 0.29) is 11.8 Å².